The predicted octanol–water partition coefficient (Wildman–Crippen LogP) is 3.16. The summed E-state index contributed by atoms with van der Waals surface area (Å²) >= 11 is 3.30. The first-order valence-corrected chi connectivity index (χ1v) is 7.29. The molecule has 0 saturated carbocycles. The zero-order chi connectivity index (χ0) is 15.7. The zero-order valence-electron chi connectivity index (χ0n) is 11.6. The van der Waals surface area contributed by atoms with Gasteiger partial charge in [-0.1, -0.05) is 6.07 Å². The normalized spacial score (nSPS) is 10.6. The van der Waals surface area contributed by atoms with Gasteiger partial charge in [0.25, 0.3) is 11.6 Å². The van der Waals surface area contributed by atoms with Crippen LogP contribution in [0.5, 0.6) is 0 Å². The van der Waals surface area contributed by atoms with Crippen molar-refractivity contribution in [3.63, 3.8) is 0 Å². The van der Waals surface area contributed by atoms with Crippen LogP contribution in [-0.2, 0) is 0 Å². The molecule has 22 heavy (non-hydrogen) atoms. The molecule has 0 aliphatic rings. The van der Waals surface area contributed by atoms with E-state index in [1.807, 2.05) is 0 Å². The number of fused-ring (bicyclic) bond motifs is 1. The van der Waals surface area contributed by atoms with Gasteiger partial charge in [-0.3, -0.25) is 14.6 Å². The molecule has 6 heteroatoms. The Morgan fingerprint density at radius 1 is 0.955 bits per heavy atom. The lowest BCUT2D eigenvalue weighted by molar-refractivity contribution is 0.0811. The number of aryl methyl sites for hydroxylation is 1. The Morgan fingerprint density at radius 2 is 1.68 bits per heavy atom. The smallest absolute Gasteiger partial charge is 0.253 e. The van der Waals surface area contributed by atoms with Crippen molar-refractivity contribution in [1.82, 2.24) is 15.0 Å². The van der Waals surface area contributed by atoms with Crippen LogP contribution in [-0.4, -0.2) is 26.5 Å². The summed E-state index contributed by atoms with van der Waals surface area (Å²) in [5, 5.41) is 0. The van der Waals surface area contributed by atoms with E-state index in [0.717, 1.165) is 4.47 Å². The van der Waals surface area contributed by atoms with Crippen molar-refractivity contribution in [3.8, 4) is 0 Å². The number of Topliss-reactive ketones (excluding diaryl/α,β-unsaturated/α-hetero) is 2. The van der Waals surface area contributed by atoms with Crippen molar-refractivity contribution in [1.29, 1.82) is 0 Å². The summed E-state index contributed by atoms with van der Waals surface area (Å²) in [6.07, 6.45) is 1.65. The third kappa shape index (κ3) is 2.78. The van der Waals surface area contributed by atoms with Gasteiger partial charge >= 0.3 is 0 Å². The van der Waals surface area contributed by atoms with E-state index in [9.17, 15) is 9.59 Å². The van der Waals surface area contributed by atoms with Gasteiger partial charge in [0.05, 0.1) is 11.0 Å². The molecule has 3 heterocycles. The van der Waals surface area contributed by atoms with Gasteiger partial charge in [0.15, 0.2) is 0 Å². The fourth-order valence-electron chi connectivity index (χ4n) is 2.01. The Labute approximate surface area is 134 Å². The fourth-order valence-corrected chi connectivity index (χ4v) is 2.33. The van der Waals surface area contributed by atoms with Crippen LogP contribution in [0.1, 0.15) is 26.7 Å². The van der Waals surface area contributed by atoms with Crippen LogP contribution >= 0.6 is 15.9 Å². The number of aromatic nitrogens is 3. The first kappa shape index (κ1) is 14.5. The summed E-state index contributed by atoms with van der Waals surface area (Å²) < 4.78 is 0.753. The van der Waals surface area contributed by atoms with E-state index < -0.39 is 11.6 Å². The van der Waals surface area contributed by atoms with E-state index in [2.05, 4.69) is 30.9 Å². The quantitative estimate of drug-likeness (QED) is 0.532. The second-order valence-electron chi connectivity index (χ2n) is 4.71. The van der Waals surface area contributed by atoms with Gasteiger partial charge in [-0.25, -0.2) is 9.97 Å². The maximum absolute atomic E-state index is 12.3. The molecule has 0 N–H and O–H groups in total. The Hall–Kier alpha value is -2.47. The van der Waals surface area contributed by atoms with Crippen molar-refractivity contribution in [2.75, 3.05) is 0 Å². The van der Waals surface area contributed by atoms with Crippen LogP contribution in [0.4, 0.5) is 0 Å². The molecule has 0 spiro atoms. The monoisotopic (exact) mass is 355 g/mol. The van der Waals surface area contributed by atoms with Crippen LogP contribution < -0.4 is 0 Å². The van der Waals surface area contributed by atoms with E-state index in [-0.39, 0.29) is 11.4 Å². The number of nitrogens with zero attached hydrogens (tertiary/aromatic N) is 3. The molecular weight excluding hydrogens is 346 g/mol. The third-order valence-corrected chi connectivity index (χ3v) is 3.50. The van der Waals surface area contributed by atoms with Crippen molar-refractivity contribution in [2.45, 2.75) is 6.92 Å². The lowest BCUT2D eigenvalue weighted by Gasteiger charge is -2.02. The van der Waals surface area contributed by atoms with Crippen LogP contribution in [0, 0.1) is 6.92 Å². The van der Waals surface area contributed by atoms with E-state index in [4.69, 9.17) is 0 Å². The number of halogens is 1. The second-order valence-corrected chi connectivity index (χ2v) is 5.63. The average Bonchev–Trinajstić information content (AvgIpc) is 2.52. The molecular formula is C16H10BrN3O2. The molecule has 3 aromatic heterocycles. The number of carbonyl (C=O) groups is 2. The third-order valence-electron chi connectivity index (χ3n) is 3.06. The van der Waals surface area contributed by atoms with E-state index >= 15 is 0 Å². The molecule has 3 rings (SSSR count). The maximum Gasteiger partial charge on any atom is 0.253 e. The molecule has 5 nitrogen and oxygen atoms in total. The Kier molecular flexibility index (Phi) is 3.77. The van der Waals surface area contributed by atoms with Gasteiger partial charge in [-0.15, -0.1) is 0 Å². The van der Waals surface area contributed by atoms with Crippen LogP contribution in [0.2, 0.25) is 0 Å². The van der Waals surface area contributed by atoms with Crippen LogP contribution in [0.3, 0.4) is 0 Å². The molecule has 0 radical (unpaired) electrons. The minimum Gasteiger partial charge on any atom is -0.283 e. The first-order chi connectivity index (χ1) is 10.5. The number of carbonyl (C=O) groups excluding carboxylic acids is 2. The molecule has 0 aliphatic carbocycles. The summed E-state index contributed by atoms with van der Waals surface area (Å²) in [5.41, 5.74) is 2.09. The molecule has 108 valence electrons. The first-order valence-electron chi connectivity index (χ1n) is 6.49. The Balaban J connectivity index is 1.99. The largest absolute Gasteiger partial charge is 0.283 e. The Morgan fingerprint density at radius 3 is 2.41 bits per heavy atom. The van der Waals surface area contributed by atoms with Crippen molar-refractivity contribution in [2.24, 2.45) is 0 Å². The summed E-state index contributed by atoms with van der Waals surface area (Å²) in [6, 6.07) is 9.88. The van der Waals surface area contributed by atoms with Crippen LogP contribution in [0.25, 0.3) is 11.0 Å². The highest BCUT2D eigenvalue weighted by molar-refractivity contribution is 9.10. The number of ketones is 2. The van der Waals surface area contributed by atoms with E-state index in [1.54, 1.807) is 37.4 Å². The second kappa shape index (κ2) is 5.73. The summed E-state index contributed by atoms with van der Waals surface area (Å²) in [4.78, 5) is 37.0. The molecule has 0 fully saturated rings. The minimum absolute atomic E-state index is 0.0840. The molecule has 0 aromatic carbocycles. The number of hydrogen-bond acceptors (Lipinski definition) is 5. The predicted molar refractivity (Wildman–Crippen MR) is 84.9 cm³/mol. The molecule has 0 aliphatic heterocycles. The van der Waals surface area contributed by atoms with Gasteiger partial charge in [-0.05, 0) is 53.2 Å². The summed E-state index contributed by atoms with van der Waals surface area (Å²) in [5.74, 6) is -1.35. The molecule has 0 unspecified atom stereocenters. The van der Waals surface area contributed by atoms with Gasteiger partial charge in [0, 0.05) is 16.4 Å². The highest BCUT2D eigenvalue weighted by Gasteiger charge is 2.21. The maximum atomic E-state index is 12.3. The van der Waals surface area contributed by atoms with Crippen molar-refractivity contribution >= 4 is 38.5 Å². The molecule has 3 aromatic rings. The van der Waals surface area contributed by atoms with E-state index in [1.165, 1.54) is 12.1 Å². The van der Waals surface area contributed by atoms with E-state index in [0.29, 0.717) is 16.7 Å². The van der Waals surface area contributed by atoms with Gasteiger partial charge < -0.3 is 0 Å². The molecule has 0 amide bonds. The lowest BCUT2D eigenvalue weighted by Crippen LogP contribution is -2.17. The topological polar surface area (TPSA) is 72.8 Å². The van der Waals surface area contributed by atoms with Crippen LogP contribution in [0.15, 0.2) is 47.1 Å². The van der Waals surface area contributed by atoms with Crippen molar-refractivity contribution < 1.29 is 9.59 Å². The Bertz CT molecular complexity index is 909. The van der Waals surface area contributed by atoms with Gasteiger partial charge in [0.1, 0.15) is 11.4 Å². The number of rotatable bonds is 3. The SMILES string of the molecule is Cc1cccc(C(=O)C(=O)c2ccc3ncc(Br)cc3n2)n1. The lowest BCUT2D eigenvalue weighted by atomic mass is 10.1. The summed E-state index contributed by atoms with van der Waals surface area (Å²) in [7, 11) is 0. The molecule has 0 atom stereocenters. The number of hydrogen-bond donors (Lipinski definition) is 0. The van der Waals surface area contributed by atoms with Gasteiger partial charge in [0.2, 0.25) is 0 Å². The average molecular weight is 356 g/mol. The highest BCUT2D eigenvalue weighted by atomic mass is 79.9. The summed E-state index contributed by atoms with van der Waals surface area (Å²) in [6.45, 7) is 1.76. The zero-order valence-corrected chi connectivity index (χ0v) is 13.2. The van der Waals surface area contributed by atoms with Crippen molar-refractivity contribution in [3.05, 3.63) is 64.1 Å². The fraction of sp³-hybridized carbons (Fsp3) is 0.0625. The molecule has 0 bridgehead atoms. The molecule has 0 saturated heterocycles. The number of pyridine rings is 3. The minimum atomic E-state index is -0.681. The standard InChI is InChI=1S/C16H10BrN3O2/c1-9-3-2-4-12(19-9)15(21)16(22)13-6-5-11-14(20-13)7-10(17)8-18-11/h2-8H,1H3. The van der Waals surface area contributed by atoms with Gasteiger partial charge in [-0.2, -0.15) is 0 Å². The highest BCUT2D eigenvalue weighted by Crippen LogP contribution is 2.16.